The van der Waals surface area contributed by atoms with E-state index in [4.69, 9.17) is 14.2 Å². The molecule has 4 unspecified atom stereocenters. The Labute approximate surface area is 156 Å². The van der Waals surface area contributed by atoms with E-state index in [9.17, 15) is 24.6 Å². The minimum Gasteiger partial charge on any atom is -0.463 e. The van der Waals surface area contributed by atoms with Gasteiger partial charge in [-0.1, -0.05) is 6.92 Å². The van der Waals surface area contributed by atoms with Gasteiger partial charge in [-0.25, -0.2) is 14.5 Å². The molecular formula is C16H25N3O8. The molecule has 0 bridgehead atoms. The van der Waals surface area contributed by atoms with Gasteiger partial charge in [0.1, 0.15) is 12.7 Å². The Bertz CT molecular complexity index is 580. The van der Waals surface area contributed by atoms with Crippen LogP contribution in [0.4, 0.5) is 9.59 Å². The van der Waals surface area contributed by atoms with Crippen molar-refractivity contribution >= 4 is 18.0 Å². The first-order valence-electron chi connectivity index (χ1n) is 9.04. The summed E-state index contributed by atoms with van der Waals surface area (Å²) in [5.41, 5.74) is 0. The third-order valence-electron chi connectivity index (χ3n) is 4.40. The summed E-state index contributed by atoms with van der Waals surface area (Å²) in [6.45, 7) is 2.37. The number of ether oxygens (including phenoxy) is 3. The maximum absolute atomic E-state index is 12.7. The molecule has 2 N–H and O–H groups in total. The molecule has 4 amide bonds. The van der Waals surface area contributed by atoms with Crippen LogP contribution in [0.3, 0.4) is 0 Å². The van der Waals surface area contributed by atoms with E-state index in [1.165, 1.54) is 0 Å². The number of imide groups is 1. The quantitative estimate of drug-likeness (QED) is 0.357. The van der Waals surface area contributed by atoms with Crippen LogP contribution in [0.15, 0.2) is 0 Å². The number of hydrogen-bond donors (Lipinski definition) is 2. The van der Waals surface area contributed by atoms with E-state index in [-0.39, 0.29) is 44.9 Å². The summed E-state index contributed by atoms with van der Waals surface area (Å²) in [6.07, 6.45) is -2.28. The van der Waals surface area contributed by atoms with Crippen LogP contribution in [0.25, 0.3) is 0 Å². The van der Waals surface area contributed by atoms with Gasteiger partial charge >= 0.3 is 18.0 Å². The van der Waals surface area contributed by atoms with E-state index in [0.717, 1.165) is 14.7 Å². The molecule has 0 saturated carbocycles. The summed E-state index contributed by atoms with van der Waals surface area (Å²) >= 11 is 0. The predicted molar refractivity (Wildman–Crippen MR) is 88.3 cm³/mol. The van der Waals surface area contributed by atoms with Gasteiger partial charge in [-0.2, -0.15) is 0 Å². The van der Waals surface area contributed by atoms with E-state index < -0.39 is 30.5 Å². The van der Waals surface area contributed by atoms with Crippen LogP contribution in [0.1, 0.15) is 19.8 Å². The summed E-state index contributed by atoms with van der Waals surface area (Å²) < 4.78 is 15.1. The average Bonchev–Trinajstić information content (AvgIpc) is 3.53. The van der Waals surface area contributed by atoms with Crippen LogP contribution < -0.4 is 0 Å². The lowest BCUT2D eigenvalue weighted by Crippen LogP contribution is -2.68. The van der Waals surface area contributed by atoms with Crippen molar-refractivity contribution in [3.8, 4) is 0 Å². The molecule has 4 atom stereocenters. The number of rotatable bonds is 10. The molecule has 0 aromatic carbocycles. The number of nitrogens with zero attached hydrogens (tertiary/aromatic N) is 3. The average molecular weight is 387 g/mol. The zero-order chi connectivity index (χ0) is 19.6. The van der Waals surface area contributed by atoms with Crippen LogP contribution in [0.2, 0.25) is 0 Å². The topological polar surface area (TPSA) is 136 Å². The molecule has 0 aromatic heterocycles. The van der Waals surface area contributed by atoms with Crippen molar-refractivity contribution in [2.75, 3.05) is 39.5 Å². The first kappa shape index (κ1) is 19.8. The van der Waals surface area contributed by atoms with Crippen molar-refractivity contribution in [2.24, 2.45) is 0 Å². The standard InChI is InChI=1S/C16H25N3O8/c1-2-3-13(21)27-7-10(20)4-17-14(22)18(5-11-8-25-11)16(24)19(15(17)23)6-12-9-26-12/h10-12,14,20,22H,2-9H2,1H3. The molecule has 0 aromatic rings. The monoisotopic (exact) mass is 387 g/mol. The number of carbonyl (C=O) groups excluding carboxylic acids is 3. The van der Waals surface area contributed by atoms with Crippen molar-refractivity contribution < 1.29 is 38.8 Å². The third-order valence-corrected chi connectivity index (χ3v) is 4.40. The lowest BCUT2D eigenvalue weighted by Gasteiger charge is -2.44. The number of hydrogen-bond acceptors (Lipinski definition) is 8. The van der Waals surface area contributed by atoms with Crippen molar-refractivity contribution in [1.29, 1.82) is 0 Å². The minimum atomic E-state index is -1.54. The molecule has 152 valence electrons. The van der Waals surface area contributed by atoms with Crippen LogP contribution in [0.5, 0.6) is 0 Å². The molecule has 11 heteroatoms. The van der Waals surface area contributed by atoms with Crippen molar-refractivity contribution in [2.45, 2.75) is 44.4 Å². The first-order valence-corrected chi connectivity index (χ1v) is 9.04. The van der Waals surface area contributed by atoms with Gasteiger partial charge in [0.2, 0.25) is 6.35 Å². The molecule has 3 aliphatic rings. The maximum Gasteiger partial charge on any atom is 0.331 e. The Morgan fingerprint density at radius 3 is 2.37 bits per heavy atom. The van der Waals surface area contributed by atoms with Gasteiger partial charge in [-0.15, -0.1) is 0 Å². The molecule has 0 radical (unpaired) electrons. The SMILES string of the molecule is CCCC(=O)OCC(O)CN1C(=O)N(CC2CO2)C(=O)N(CC2CO2)C1O. The minimum absolute atomic E-state index is 0.0739. The molecule has 3 heterocycles. The molecule has 0 aliphatic carbocycles. The molecule has 3 rings (SSSR count). The smallest absolute Gasteiger partial charge is 0.331 e. The van der Waals surface area contributed by atoms with Gasteiger partial charge < -0.3 is 24.4 Å². The van der Waals surface area contributed by atoms with Gasteiger partial charge in [0.25, 0.3) is 0 Å². The van der Waals surface area contributed by atoms with Crippen molar-refractivity contribution in [1.82, 2.24) is 14.7 Å². The zero-order valence-corrected chi connectivity index (χ0v) is 15.2. The fourth-order valence-corrected chi connectivity index (χ4v) is 2.77. The number of aliphatic hydroxyl groups is 2. The van der Waals surface area contributed by atoms with E-state index in [1.54, 1.807) is 0 Å². The van der Waals surface area contributed by atoms with E-state index in [0.29, 0.717) is 19.6 Å². The lowest BCUT2D eigenvalue weighted by atomic mass is 10.3. The molecule has 11 nitrogen and oxygen atoms in total. The number of epoxide rings is 2. The van der Waals surface area contributed by atoms with Crippen molar-refractivity contribution in [3.63, 3.8) is 0 Å². The highest BCUT2D eigenvalue weighted by Gasteiger charge is 2.47. The largest absolute Gasteiger partial charge is 0.463 e. The Balaban J connectivity index is 1.64. The Kier molecular flexibility index (Phi) is 6.15. The van der Waals surface area contributed by atoms with Gasteiger partial charge in [0.05, 0.1) is 45.1 Å². The van der Waals surface area contributed by atoms with Gasteiger partial charge in [0.15, 0.2) is 0 Å². The van der Waals surface area contributed by atoms with E-state index in [2.05, 4.69) is 0 Å². The highest BCUT2D eigenvalue weighted by molar-refractivity contribution is 5.96. The number of urea groups is 2. The van der Waals surface area contributed by atoms with Gasteiger partial charge in [-0.05, 0) is 6.42 Å². The van der Waals surface area contributed by atoms with Crippen LogP contribution in [-0.4, -0.2) is 107 Å². The second kappa shape index (κ2) is 8.38. The van der Waals surface area contributed by atoms with Crippen LogP contribution >= 0.6 is 0 Å². The fourth-order valence-electron chi connectivity index (χ4n) is 2.77. The summed E-state index contributed by atoms with van der Waals surface area (Å²) in [5.74, 6) is -0.447. The zero-order valence-electron chi connectivity index (χ0n) is 15.2. The molecule has 27 heavy (non-hydrogen) atoms. The molecule has 3 aliphatic heterocycles. The highest BCUT2D eigenvalue weighted by atomic mass is 16.6. The number of β-amino-alcohol motifs (C(OH)–C–C–N with tert-alkyl or cyclic N) is 1. The fraction of sp³-hybridized carbons (Fsp3) is 0.812. The molecular weight excluding hydrogens is 362 g/mol. The summed E-state index contributed by atoms with van der Waals surface area (Å²) in [5, 5.41) is 20.6. The number of amides is 4. The van der Waals surface area contributed by atoms with E-state index in [1.807, 2.05) is 6.92 Å². The summed E-state index contributed by atoms with van der Waals surface area (Å²) in [6, 6.07) is -1.35. The summed E-state index contributed by atoms with van der Waals surface area (Å²) in [7, 11) is 0. The Morgan fingerprint density at radius 2 is 1.78 bits per heavy atom. The maximum atomic E-state index is 12.7. The van der Waals surface area contributed by atoms with Crippen molar-refractivity contribution in [3.05, 3.63) is 0 Å². The number of carbonyl (C=O) groups is 3. The summed E-state index contributed by atoms with van der Waals surface area (Å²) in [4.78, 5) is 39.8. The van der Waals surface area contributed by atoms with Gasteiger partial charge in [-0.3, -0.25) is 14.6 Å². The number of aliphatic hydroxyl groups excluding tert-OH is 2. The van der Waals surface area contributed by atoms with E-state index >= 15 is 0 Å². The third kappa shape index (κ3) is 5.06. The number of esters is 1. The Hall–Kier alpha value is -1.95. The molecule has 3 fully saturated rings. The first-order chi connectivity index (χ1) is 12.9. The van der Waals surface area contributed by atoms with Crippen LogP contribution in [0, 0.1) is 0 Å². The highest BCUT2D eigenvalue weighted by Crippen LogP contribution is 2.24. The normalized spacial score (nSPS) is 28.4. The second-order valence-corrected chi connectivity index (χ2v) is 6.82. The van der Waals surface area contributed by atoms with Gasteiger partial charge in [0, 0.05) is 6.42 Å². The molecule has 0 spiro atoms. The van der Waals surface area contributed by atoms with Crippen LogP contribution in [-0.2, 0) is 19.0 Å². The Morgan fingerprint density at radius 1 is 1.19 bits per heavy atom. The lowest BCUT2D eigenvalue weighted by molar-refractivity contribution is -0.148. The molecule has 3 saturated heterocycles. The predicted octanol–water partition coefficient (Wildman–Crippen LogP) is -1.08. The second-order valence-electron chi connectivity index (χ2n) is 6.82.